The van der Waals surface area contributed by atoms with Gasteiger partial charge in [-0.1, -0.05) is 0 Å². The molecule has 6 heteroatoms. The maximum Gasteiger partial charge on any atom is 0.252 e. The summed E-state index contributed by atoms with van der Waals surface area (Å²) < 4.78 is 19.8. The Labute approximate surface area is 139 Å². The fraction of sp³-hybridized carbons (Fsp3) is 0.444. The van der Waals surface area contributed by atoms with E-state index >= 15 is 0 Å². The molecule has 24 heavy (non-hydrogen) atoms. The second kappa shape index (κ2) is 6.02. The molecule has 0 saturated carbocycles. The number of carbonyl (C=O) groups is 1. The number of pyridine rings is 1. The second-order valence-corrected chi connectivity index (χ2v) is 6.99. The molecule has 2 aromatic rings. The summed E-state index contributed by atoms with van der Waals surface area (Å²) in [4.78, 5) is 27.0. The van der Waals surface area contributed by atoms with Gasteiger partial charge >= 0.3 is 0 Å². The van der Waals surface area contributed by atoms with E-state index in [-0.39, 0.29) is 28.6 Å². The van der Waals surface area contributed by atoms with Crippen molar-refractivity contribution in [2.75, 3.05) is 6.61 Å². The molecule has 1 aliphatic heterocycles. The van der Waals surface area contributed by atoms with Crippen molar-refractivity contribution in [3.8, 4) is 0 Å². The highest BCUT2D eigenvalue weighted by atomic mass is 19.1. The van der Waals surface area contributed by atoms with Gasteiger partial charge in [-0.15, -0.1) is 0 Å². The first kappa shape index (κ1) is 16.6. The van der Waals surface area contributed by atoms with Crippen LogP contribution in [-0.2, 0) is 4.74 Å². The van der Waals surface area contributed by atoms with Crippen LogP contribution < -0.4 is 10.9 Å². The van der Waals surface area contributed by atoms with E-state index in [9.17, 15) is 14.0 Å². The lowest BCUT2D eigenvalue weighted by Crippen LogP contribution is -2.46. The smallest absolute Gasteiger partial charge is 0.252 e. The van der Waals surface area contributed by atoms with Crippen molar-refractivity contribution < 1.29 is 13.9 Å². The van der Waals surface area contributed by atoms with Gasteiger partial charge in [0.2, 0.25) is 5.56 Å². The summed E-state index contributed by atoms with van der Waals surface area (Å²) in [6.07, 6.45) is 1.40. The molecule has 0 spiro atoms. The number of hydrogen-bond acceptors (Lipinski definition) is 3. The third kappa shape index (κ3) is 3.33. The van der Waals surface area contributed by atoms with Crippen LogP contribution in [-0.4, -0.2) is 29.1 Å². The van der Waals surface area contributed by atoms with E-state index in [1.807, 2.05) is 13.8 Å². The predicted octanol–water partition coefficient (Wildman–Crippen LogP) is 2.66. The van der Waals surface area contributed by atoms with Gasteiger partial charge in [-0.2, -0.15) is 0 Å². The third-order valence-electron chi connectivity index (χ3n) is 4.33. The molecule has 0 aliphatic carbocycles. The molecule has 1 aliphatic rings. The summed E-state index contributed by atoms with van der Waals surface area (Å²) >= 11 is 0. The lowest BCUT2D eigenvalue weighted by Gasteiger charge is -2.35. The molecule has 2 heterocycles. The van der Waals surface area contributed by atoms with Crippen molar-refractivity contribution in [1.29, 1.82) is 0 Å². The lowest BCUT2D eigenvalue weighted by molar-refractivity contribution is -0.0615. The average molecular weight is 332 g/mol. The summed E-state index contributed by atoms with van der Waals surface area (Å²) in [6.45, 7) is 6.28. The summed E-state index contributed by atoms with van der Waals surface area (Å²) in [5, 5.41) is 3.37. The molecule has 1 aromatic heterocycles. The first-order valence-electron chi connectivity index (χ1n) is 8.03. The number of aryl methyl sites for hydroxylation is 1. The zero-order valence-corrected chi connectivity index (χ0v) is 14.0. The van der Waals surface area contributed by atoms with Gasteiger partial charge in [-0.3, -0.25) is 9.59 Å². The Kier molecular flexibility index (Phi) is 4.17. The average Bonchev–Trinajstić information content (AvgIpc) is 2.46. The molecular weight excluding hydrogens is 311 g/mol. The highest BCUT2D eigenvalue weighted by Crippen LogP contribution is 2.25. The second-order valence-electron chi connectivity index (χ2n) is 6.99. The SMILES string of the molecule is Cc1cc(F)c2[nH]c(=O)cc(C(=O)NC3CCOC(C)(C)C3)c2c1. The van der Waals surface area contributed by atoms with Gasteiger partial charge in [0, 0.05) is 24.1 Å². The van der Waals surface area contributed by atoms with Crippen LogP contribution in [0.2, 0.25) is 0 Å². The molecule has 1 aromatic carbocycles. The number of hydrogen-bond donors (Lipinski definition) is 2. The van der Waals surface area contributed by atoms with Crippen molar-refractivity contribution in [3.05, 3.63) is 45.5 Å². The van der Waals surface area contributed by atoms with Crippen molar-refractivity contribution in [2.45, 2.75) is 45.3 Å². The molecule has 1 unspecified atom stereocenters. The number of nitrogens with one attached hydrogen (secondary N) is 2. The molecule has 128 valence electrons. The highest BCUT2D eigenvalue weighted by Gasteiger charge is 2.30. The monoisotopic (exact) mass is 332 g/mol. The highest BCUT2D eigenvalue weighted by molar-refractivity contribution is 6.06. The van der Waals surface area contributed by atoms with Gasteiger partial charge in [-0.25, -0.2) is 4.39 Å². The molecule has 1 atom stereocenters. The summed E-state index contributed by atoms with van der Waals surface area (Å²) in [5.74, 6) is -0.900. The zero-order chi connectivity index (χ0) is 17.5. The Morgan fingerprint density at radius 2 is 2.12 bits per heavy atom. The van der Waals surface area contributed by atoms with Crippen LogP contribution in [0.4, 0.5) is 4.39 Å². The van der Waals surface area contributed by atoms with Crippen molar-refractivity contribution in [3.63, 3.8) is 0 Å². The van der Waals surface area contributed by atoms with Crippen LogP contribution in [0.1, 0.15) is 42.6 Å². The van der Waals surface area contributed by atoms with Gasteiger partial charge in [0.1, 0.15) is 5.82 Å². The van der Waals surface area contributed by atoms with Crippen LogP contribution in [0.15, 0.2) is 23.0 Å². The molecule has 1 saturated heterocycles. The molecule has 3 rings (SSSR count). The van der Waals surface area contributed by atoms with Gasteiger partial charge in [-0.05, 0) is 51.3 Å². The van der Waals surface area contributed by atoms with E-state index in [1.165, 1.54) is 12.1 Å². The van der Waals surface area contributed by atoms with Crippen LogP contribution >= 0.6 is 0 Å². The van der Waals surface area contributed by atoms with Crippen molar-refractivity contribution in [2.24, 2.45) is 0 Å². The normalized spacial score (nSPS) is 20.1. The Hall–Kier alpha value is -2.21. The number of halogens is 1. The predicted molar refractivity (Wildman–Crippen MR) is 89.8 cm³/mol. The molecule has 1 fully saturated rings. The molecule has 0 bridgehead atoms. The van der Waals surface area contributed by atoms with Crippen molar-refractivity contribution >= 4 is 16.8 Å². The number of H-pyrrole nitrogens is 1. The van der Waals surface area contributed by atoms with Gasteiger partial charge in [0.15, 0.2) is 0 Å². The molecule has 0 radical (unpaired) electrons. The van der Waals surface area contributed by atoms with Crippen molar-refractivity contribution in [1.82, 2.24) is 10.3 Å². The van der Waals surface area contributed by atoms with E-state index in [0.717, 1.165) is 0 Å². The largest absolute Gasteiger partial charge is 0.375 e. The van der Waals surface area contributed by atoms with Gasteiger partial charge < -0.3 is 15.0 Å². The van der Waals surface area contributed by atoms with E-state index in [4.69, 9.17) is 4.74 Å². The van der Waals surface area contributed by atoms with Crippen LogP contribution in [0.25, 0.3) is 10.9 Å². The Morgan fingerprint density at radius 3 is 2.83 bits per heavy atom. The number of amides is 1. The van der Waals surface area contributed by atoms with E-state index in [2.05, 4.69) is 10.3 Å². The van der Waals surface area contributed by atoms with Gasteiger partial charge in [0.25, 0.3) is 5.91 Å². The van der Waals surface area contributed by atoms with E-state index in [1.54, 1.807) is 13.0 Å². The van der Waals surface area contributed by atoms with Crippen LogP contribution in [0.5, 0.6) is 0 Å². The number of rotatable bonds is 2. The standard InChI is InChI=1S/C18H21FN2O3/c1-10-6-12-13(8-15(22)21-16(12)14(19)7-10)17(23)20-11-4-5-24-18(2,3)9-11/h6-8,11H,4-5,9H2,1-3H3,(H,20,23)(H,21,22). The lowest BCUT2D eigenvalue weighted by atomic mass is 9.93. The number of fused-ring (bicyclic) bond motifs is 1. The minimum Gasteiger partial charge on any atom is -0.375 e. The number of aromatic nitrogens is 1. The van der Waals surface area contributed by atoms with E-state index in [0.29, 0.717) is 30.4 Å². The van der Waals surface area contributed by atoms with Crippen LogP contribution in [0, 0.1) is 12.7 Å². The summed E-state index contributed by atoms with van der Waals surface area (Å²) in [7, 11) is 0. The molecule has 1 amide bonds. The zero-order valence-electron chi connectivity index (χ0n) is 14.0. The molecule has 2 N–H and O–H groups in total. The first-order chi connectivity index (χ1) is 11.2. The van der Waals surface area contributed by atoms with E-state index < -0.39 is 11.4 Å². The Morgan fingerprint density at radius 1 is 1.38 bits per heavy atom. The number of carbonyl (C=O) groups excluding carboxylic acids is 1. The fourth-order valence-corrected chi connectivity index (χ4v) is 3.26. The maximum atomic E-state index is 14.1. The topological polar surface area (TPSA) is 71.2 Å². The number of benzene rings is 1. The quantitative estimate of drug-likeness (QED) is 0.888. The third-order valence-corrected chi connectivity index (χ3v) is 4.33. The molecular formula is C18H21FN2O3. The molecule has 5 nitrogen and oxygen atoms in total. The maximum absolute atomic E-state index is 14.1. The minimum atomic E-state index is -0.538. The Balaban J connectivity index is 1.96. The number of ether oxygens (including phenoxy) is 1. The fourth-order valence-electron chi connectivity index (χ4n) is 3.26. The van der Waals surface area contributed by atoms with Crippen LogP contribution in [0.3, 0.4) is 0 Å². The summed E-state index contributed by atoms with van der Waals surface area (Å²) in [6, 6.07) is 4.23. The minimum absolute atomic E-state index is 0.0368. The number of aromatic amines is 1. The summed E-state index contributed by atoms with van der Waals surface area (Å²) in [5.41, 5.74) is 0.150. The first-order valence-corrected chi connectivity index (χ1v) is 8.03. The Bertz CT molecular complexity index is 857. The van der Waals surface area contributed by atoms with Gasteiger partial charge in [0.05, 0.1) is 16.7 Å².